The number of benzene rings is 1. The number of nitrogens with one attached hydrogen (secondary N) is 1. The number of anilines is 1. The lowest BCUT2D eigenvalue weighted by atomic mass is 10.0. The van der Waals surface area contributed by atoms with E-state index in [2.05, 4.69) is 10.2 Å². The Hall–Kier alpha value is -2.23. The van der Waals surface area contributed by atoms with E-state index in [-0.39, 0.29) is 36.6 Å². The van der Waals surface area contributed by atoms with Crippen LogP contribution in [0.5, 0.6) is 0 Å². The molecule has 1 fully saturated rings. The number of hydrogen-bond acceptors (Lipinski definition) is 6. The number of carboxylic acid groups (broad SMARTS) is 1. The van der Waals surface area contributed by atoms with E-state index in [4.69, 9.17) is 5.11 Å². The molecule has 1 aromatic carbocycles. The molecule has 150 valence electrons. The number of amides is 1. The van der Waals surface area contributed by atoms with E-state index >= 15 is 0 Å². The third-order valence-electron chi connectivity index (χ3n) is 4.58. The molecule has 0 unspecified atom stereocenters. The largest absolute Gasteiger partial charge is 0.480 e. The standard InChI is InChI=1S/C17H24N4O5.ClH/c1-19(12-17(23)24)14-6-9-20(10-7-14)11-8-16(22)18-13-2-4-15(5-3-13)21(25)26;/h2-5,14H,6-12H2,1H3,(H,18,22)(H,23,24);1H. The number of carboxylic acids is 1. The number of piperidine rings is 1. The van der Waals surface area contributed by atoms with Crippen LogP contribution in [0.3, 0.4) is 0 Å². The molecule has 0 atom stereocenters. The molecule has 0 aromatic heterocycles. The van der Waals surface area contributed by atoms with Gasteiger partial charge in [-0.3, -0.25) is 24.6 Å². The lowest BCUT2D eigenvalue weighted by molar-refractivity contribution is -0.384. The molecule has 0 saturated carbocycles. The molecule has 0 radical (unpaired) electrons. The molecule has 1 aliphatic rings. The Bertz CT molecular complexity index is 647. The van der Waals surface area contributed by atoms with E-state index in [1.807, 2.05) is 11.9 Å². The van der Waals surface area contributed by atoms with Crippen molar-refractivity contribution in [3.63, 3.8) is 0 Å². The molecule has 0 aliphatic carbocycles. The second-order valence-corrected chi connectivity index (χ2v) is 6.48. The molecule has 27 heavy (non-hydrogen) atoms. The maximum Gasteiger partial charge on any atom is 0.317 e. The van der Waals surface area contributed by atoms with Crippen molar-refractivity contribution in [2.24, 2.45) is 0 Å². The van der Waals surface area contributed by atoms with Gasteiger partial charge in [0.15, 0.2) is 0 Å². The molecular weight excluding hydrogens is 376 g/mol. The minimum absolute atomic E-state index is 0. The van der Waals surface area contributed by atoms with Crippen LogP contribution in [0, 0.1) is 10.1 Å². The zero-order valence-electron chi connectivity index (χ0n) is 15.2. The van der Waals surface area contributed by atoms with Crippen molar-refractivity contribution in [3.05, 3.63) is 34.4 Å². The van der Waals surface area contributed by atoms with Gasteiger partial charge in [-0.2, -0.15) is 0 Å². The highest BCUT2D eigenvalue weighted by molar-refractivity contribution is 5.90. The van der Waals surface area contributed by atoms with Crippen LogP contribution in [0.15, 0.2) is 24.3 Å². The Morgan fingerprint density at radius 3 is 2.41 bits per heavy atom. The van der Waals surface area contributed by atoms with E-state index in [0.717, 1.165) is 25.9 Å². The first-order chi connectivity index (χ1) is 12.3. The third-order valence-corrected chi connectivity index (χ3v) is 4.58. The van der Waals surface area contributed by atoms with Gasteiger partial charge in [0.1, 0.15) is 0 Å². The molecule has 9 nitrogen and oxygen atoms in total. The topological polar surface area (TPSA) is 116 Å². The second kappa shape index (κ2) is 10.8. The van der Waals surface area contributed by atoms with Crippen molar-refractivity contribution in [1.82, 2.24) is 9.80 Å². The molecule has 1 aliphatic heterocycles. The first-order valence-corrected chi connectivity index (χ1v) is 8.54. The van der Waals surface area contributed by atoms with Crippen molar-refractivity contribution in [1.29, 1.82) is 0 Å². The molecule has 10 heteroatoms. The number of hydrogen-bond donors (Lipinski definition) is 2. The van der Waals surface area contributed by atoms with Crippen LogP contribution in [-0.2, 0) is 9.59 Å². The van der Waals surface area contributed by atoms with Crippen LogP contribution in [0.25, 0.3) is 0 Å². The normalized spacial score (nSPS) is 15.2. The van der Waals surface area contributed by atoms with E-state index in [1.54, 1.807) is 0 Å². The first-order valence-electron chi connectivity index (χ1n) is 8.54. The number of likely N-dealkylation sites (tertiary alicyclic amines) is 1. The summed E-state index contributed by atoms with van der Waals surface area (Å²) in [4.78, 5) is 37.0. The molecule has 1 aromatic rings. The summed E-state index contributed by atoms with van der Waals surface area (Å²) in [5.74, 6) is -0.957. The van der Waals surface area contributed by atoms with Crippen LogP contribution >= 0.6 is 12.4 Å². The SMILES string of the molecule is CN(CC(=O)O)C1CCN(CCC(=O)Nc2ccc([N+](=O)[O-])cc2)CC1.Cl. The molecule has 0 spiro atoms. The predicted octanol–water partition coefficient (Wildman–Crippen LogP) is 1.83. The van der Waals surface area contributed by atoms with Crippen LogP contribution in [0.2, 0.25) is 0 Å². The number of non-ortho nitro benzene ring substituents is 1. The predicted molar refractivity (Wildman–Crippen MR) is 103 cm³/mol. The summed E-state index contributed by atoms with van der Waals surface area (Å²) in [5, 5.41) is 22.2. The lowest BCUT2D eigenvalue weighted by Crippen LogP contribution is -2.45. The maximum atomic E-state index is 12.0. The van der Waals surface area contributed by atoms with Crippen molar-refractivity contribution in [3.8, 4) is 0 Å². The van der Waals surface area contributed by atoms with Crippen LogP contribution in [0.1, 0.15) is 19.3 Å². The molecule has 2 N–H and O–H groups in total. The molecule has 1 saturated heterocycles. The van der Waals surface area contributed by atoms with Crippen LogP contribution < -0.4 is 5.32 Å². The highest BCUT2D eigenvalue weighted by Crippen LogP contribution is 2.17. The maximum absolute atomic E-state index is 12.0. The minimum atomic E-state index is -0.821. The molecule has 0 bridgehead atoms. The van der Waals surface area contributed by atoms with Gasteiger partial charge in [-0.1, -0.05) is 0 Å². The Labute approximate surface area is 163 Å². The monoisotopic (exact) mass is 400 g/mol. The van der Waals surface area contributed by atoms with Gasteiger partial charge in [0, 0.05) is 36.8 Å². The Balaban J connectivity index is 0.00000364. The fourth-order valence-electron chi connectivity index (χ4n) is 3.08. The van der Waals surface area contributed by atoms with E-state index < -0.39 is 10.9 Å². The number of aliphatic carboxylic acids is 1. The van der Waals surface area contributed by atoms with Crippen LogP contribution in [-0.4, -0.2) is 71.0 Å². The Morgan fingerprint density at radius 1 is 1.30 bits per heavy atom. The number of nitrogens with zero attached hydrogens (tertiary/aromatic N) is 3. The summed E-state index contributed by atoms with van der Waals surface area (Å²) in [6.45, 7) is 2.34. The van der Waals surface area contributed by atoms with Gasteiger partial charge in [0.05, 0.1) is 11.5 Å². The van der Waals surface area contributed by atoms with Gasteiger partial charge in [0.25, 0.3) is 5.69 Å². The van der Waals surface area contributed by atoms with Crippen molar-refractivity contribution < 1.29 is 19.6 Å². The summed E-state index contributed by atoms with van der Waals surface area (Å²) in [6, 6.07) is 6.00. The average Bonchev–Trinajstić information content (AvgIpc) is 2.60. The first kappa shape index (κ1) is 22.8. The number of rotatable bonds is 8. The quantitative estimate of drug-likeness (QED) is 0.505. The zero-order chi connectivity index (χ0) is 19.1. The number of carbonyl (C=O) groups excluding carboxylic acids is 1. The van der Waals surface area contributed by atoms with E-state index in [0.29, 0.717) is 18.7 Å². The highest BCUT2D eigenvalue weighted by atomic mass is 35.5. The average molecular weight is 401 g/mol. The number of halogens is 1. The number of nitro groups is 1. The number of carbonyl (C=O) groups is 2. The Kier molecular flexibility index (Phi) is 9.13. The summed E-state index contributed by atoms with van der Waals surface area (Å²) < 4.78 is 0. The second-order valence-electron chi connectivity index (χ2n) is 6.48. The molecule has 2 rings (SSSR count). The van der Waals surface area contributed by atoms with Gasteiger partial charge in [-0.25, -0.2) is 0 Å². The van der Waals surface area contributed by atoms with Crippen molar-refractivity contribution in [2.75, 3.05) is 38.5 Å². The number of likely N-dealkylation sites (N-methyl/N-ethyl adjacent to an activating group) is 1. The summed E-state index contributed by atoms with van der Waals surface area (Å²) in [6.07, 6.45) is 2.11. The number of nitro benzene ring substituents is 1. The van der Waals surface area contributed by atoms with Crippen molar-refractivity contribution in [2.45, 2.75) is 25.3 Å². The smallest absolute Gasteiger partial charge is 0.317 e. The summed E-state index contributed by atoms with van der Waals surface area (Å²) in [7, 11) is 1.83. The van der Waals surface area contributed by atoms with E-state index in [9.17, 15) is 19.7 Å². The van der Waals surface area contributed by atoms with E-state index in [1.165, 1.54) is 24.3 Å². The lowest BCUT2D eigenvalue weighted by Gasteiger charge is -2.36. The molecule has 1 amide bonds. The third kappa shape index (κ3) is 7.49. The van der Waals surface area contributed by atoms with Gasteiger partial charge < -0.3 is 15.3 Å². The fraction of sp³-hybridized carbons (Fsp3) is 0.529. The van der Waals surface area contributed by atoms with Crippen LogP contribution in [0.4, 0.5) is 11.4 Å². The summed E-state index contributed by atoms with van der Waals surface area (Å²) in [5.41, 5.74) is 0.522. The van der Waals surface area contributed by atoms with Crippen molar-refractivity contribution >= 4 is 35.7 Å². The summed E-state index contributed by atoms with van der Waals surface area (Å²) >= 11 is 0. The Morgan fingerprint density at radius 2 is 1.89 bits per heavy atom. The fourth-order valence-corrected chi connectivity index (χ4v) is 3.08. The molecular formula is C17H25ClN4O5. The van der Waals surface area contributed by atoms with Gasteiger partial charge >= 0.3 is 5.97 Å². The van der Waals surface area contributed by atoms with Gasteiger partial charge in [0.2, 0.25) is 5.91 Å². The van der Waals surface area contributed by atoms with Gasteiger partial charge in [-0.05, 0) is 45.1 Å². The molecule has 1 heterocycles. The zero-order valence-corrected chi connectivity index (χ0v) is 16.0. The highest BCUT2D eigenvalue weighted by Gasteiger charge is 2.23. The van der Waals surface area contributed by atoms with Gasteiger partial charge in [-0.15, -0.1) is 12.4 Å². The minimum Gasteiger partial charge on any atom is -0.480 e.